The molecule has 0 unspecified atom stereocenters. The molecule has 0 aliphatic carbocycles. The van der Waals surface area contributed by atoms with Gasteiger partial charge in [-0.25, -0.2) is 0 Å². The van der Waals surface area contributed by atoms with Crippen LogP contribution in [0.15, 0.2) is 12.2 Å². The Bertz CT molecular complexity index is 1080. The summed E-state index contributed by atoms with van der Waals surface area (Å²) in [6, 6.07) is 0. The van der Waals surface area contributed by atoms with Gasteiger partial charge in [0.15, 0.2) is 35.1 Å². The smallest absolute Gasteiger partial charge is 0.303 e. The highest BCUT2D eigenvalue weighted by Crippen LogP contribution is 2.41. The summed E-state index contributed by atoms with van der Waals surface area (Å²) in [5.74, 6) is 9.59. The third-order valence-corrected chi connectivity index (χ3v) is 17.1. The summed E-state index contributed by atoms with van der Waals surface area (Å²) in [5.41, 5.74) is 0. The van der Waals surface area contributed by atoms with Crippen molar-refractivity contribution < 1.29 is 42.5 Å². The van der Waals surface area contributed by atoms with E-state index >= 15 is 0 Å². The lowest BCUT2D eigenvalue weighted by Gasteiger charge is -2.49. The van der Waals surface area contributed by atoms with Gasteiger partial charge in [0.1, 0.15) is 18.3 Å². The number of hydrogen-bond acceptors (Lipinski definition) is 9. The van der Waals surface area contributed by atoms with Gasteiger partial charge in [0.2, 0.25) is 0 Å². The zero-order valence-corrected chi connectivity index (χ0v) is 30.5. The van der Waals surface area contributed by atoms with E-state index in [1.807, 2.05) is 6.92 Å². The van der Waals surface area contributed by atoms with Crippen LogP contribution in [-0.4, -0.2) is 83.7 Å². The molecule has 0 aromatic carbocycles. The highest BCUT2D eigenvalue weighted by atomic mass is 28.4. The molecule has 0 aromatic heterocycles. The van der Waals surface area contributed by atoms with Crippen LogP contribution in [0.2, 0.25) is 36.3 Å². The molecule has 1 rings (SSSR count). The second-order valence-corrected chi connectivity index (χ2v) is 23.4. The van der Waals surface area contributed by atoms with Crippen molar-refractivity contribution >= 4 is 28.6 Å². The number of carbonyl (C=O) groups is 2. The average molecular weight is 639 g/mol. The molecule has 1 fully saturated rings. The van der Waals surface area contributed by atoms with Gasteiger partial charge in [-0.05, 0) is 61.1 Å². The summed E-state index contributed by atoms with van der Waals surface area (Å²) in [5, 5.41) is 10.1. The standard InChI is InChI=1S/C32H54O9Si2/c1-14-15-16-17-18-19-25(35)20-21-36-30-29(39-24(3)34)28(41-43(12,13)32(7,8)9)27(38-23(2)33)26(40-30)22-37-42(10,11)31(4,5)6/h14-15,25-30,35H,20-22H2,1-13H3/b15-14-/t25-,26+,27+,28-,29+,30+/m0/s1. The predicted octanol–water partition coefficient (Wildman–Crippen LogP) is 5.34. The summed E-state index contributed by atoms with van der Waals surface area (Å²) >= 11 is 0. The van der Waals surface area contributed by atoms with Crippen LogP contribution in [0.4, 0.5) is 0 Å². The number of ether oxygens (including phenoxy) is 4. The van der Waals surface area contributed by atoms with Gasteiger partial charge in [-0.3, -0.25) is 9.59 Å². The van der Waals surface area contributed by atoms with Gasteiger partial charge in [0.25, 0.3) is 0 Å². The Morgan fingerprint density at radius 1 is 0.907 bits per heavy atom. The fourth-order valence-corrected chi connectivity index (χ4v) is 5.92. The van der Waals surface area contributed by atoms with E-state index in [2.05, 4.69) is 91.4 Å². The molecule has 43 heavy (non-hydrogen) atoms. The highest BCUT2D eigenvalue weighted by molar-refractivity contribution is 6.74. The fraction of sp³-hybridized carbons (Fsp3) is 0.750. The maximum absolute atomic E-state index is 12.4. The molecule has 0 radical (unpaired) electrons. The number of aliphatic hydroxyl groups excluding tert-OH is 1. The fourth-order valence-electron chi connectivity index (χ4n) is 3.60. The van der Waals surface area contributed by atoms with Crippen molar-refractivity contribution in [1.82, 2.24) is 0 Å². The summed E-state index contributed by atoms with van der Waals surface area (Å²) in [4.78, 5) is 24.7. The first-order valence-corrected chi connectivity index (χ1v) is 20.7. The van der Waals surface area contributed by atoms with Crippen molar-refractivity contribution in [2.45, 2.75) is 142 Å². The Hall–Kier alpha value is -1.97. The molecule has 11 heteroatoms. The molecular formula is C32H54O9Si2. The van der Waals surface area contributed by atoms with Crippen LogP contribution in [0.3, 0.4) is 0 Å². The van der Waals surface area contributed by atoms with E-state index in [0.29, 0.717) is 0 Å². The Balaban J connectivity index is 3.47. The number of carbonyl (C=O) groups excluding carboxylic acids is 2. The number of rotatable bonds is 11. The lowest BCUT2D eigenvalue weighted by Crippen LogP contribution is -2.65. The van der Waals surface area contributed by atoms with Crippen molar-refractivity contribution in [3.8, 4) is 23.7 Å². The summed E-state index contributed by atoms with van der Waals surface area (Å²) < 4.78 is 37.4. The van der Waals surface area contributed by atoms with E-state index in [9.17, 15) is 14.7 Å². The quantitative estimate of drug-likeness (QED) is 0.182. The van der Waals surface area contributed by atoms with Crippen LogP contribution in [0.5, 0.6) is 0 Å². The molecule has 1 N–H and O–H groups in total. The molecule has 0 aromatic rings. The van der Waals surface area contributed by atoms with Crippen LogP contribution in [0.1, 0.15) is 68.7 Å². The van der Waals surface area contributed by atoms with Crippen molar-refractivity contribution in [2.24, 2.45) is 0 Å². The number of aliphatic hydroxyl groups is 1. The second kappa shape index (κ2) is 16.4. The van der Waals surface area contributed by atoms with Gasteiger partial charge in [0.05, 0.1) is 13.2 Å². The molecule has 0 amide bonds. The van der Waals surface area contributed by atoms with Crippen molar-refractivity contribution in [3.05, 3.63) is 12.2 Å². The normalized spacial score (nSPS) is 23.9. The molecule has 1 aliphatic heterocycles. The first-order valence-electron chi connectivity index (χ1n) is 14.9. The van der Waals surface area contributed by atoms with E-state index in [4.69, 9.17) is 27.8 Å². The van der Waals surface area contributed by atoms with E-state index in [1.165, 1.54) is 13.8 Å². The third-order valence-electron chi connectivity index (χ3n) is 8.14. The predicted molar refractivity (Wildman–Crippen MR) is 172 cm³/mol. The lowest BCUT2D eigenvalue weighted by atomic mass is 9.98. The Kier molecular flexibility index (Phi) is 14.9. The van der Waals surface area contributed by atoms with Gasteiger partial charge in [-0.15, -0.1) is 0 Å². The minimum atomic E-state index is -2.50. The van der Waals surface area contributed by atoms with E-state index in [-0.39, 0.29) is 29.7 Å². The zero-order valence-electron chi connectivity index (χ0n) is 28.5. The van der Waals surface area contributed by atoms with E-state index in [0.717, 1.165) is 0 Å². The van der Waals surface area contributed by atoms with Gasteiger partial charge >= 0.3 is 11.9 Å². The molecule has 9 nitrogen and oxygen atoms in total. The second-order valence-electron chi connectivity index (χ2n) is 13.8. The average Bonchev–Trinajstić information content (AvgIpc) is 2.84. The molecule has 1 aliphatic rings. The van der Waals surface area contributed by atoms with Crippen molar-refractivity contribution in [1.29, 1.82) is 0 Å². The monoisotopic (exact) mass is 638 g/mol. The molecular weight excluding hydrogens is 585 g/mol. The highest BCUT2D eigenvalue weighted by Gasteiger charge is 2.54. The topological polar surface area (TPSA) is 110 Å². The SMILES string of the molecule is C/C=C\C#CC#C[C@H](O)CCO[C@@H]1O[C@H](CO[Si](C)(C)C(C)(C)C)[C@@H](OC(C)=O)[C@H](O[Si](C)(C)C(C)(C)C)[C@H]1OC(C)=O. The Morgan fingerprint density at radius 3 is 1.98 bits per heavy atom. The zero-order chi connectivity index (χ0) is 33.2. The third kappa shape index (κ3) is 12.5. The lowest BCUT2D eigenvalue weighted by molar-refractivity contribution is -0.303. The minimum absolute atomic E-state index is 0.0431. The van der Waals surface area contributed by atoms with E-state index < -0.39 is 65.4 Å². The maximum Gasteiger partial charge on any atom is 0.303 e. The summed E-state index contributed by atoms with van der Waals surface area (Å²) in [6.45, 7) is 25.7. The van der Waals surface area contributed by atoms with Crippen molar-refractivity contribution in [3.63, 3.8) is 0 Å². The first-order chi connectivity index (χ1) is 19.6. The van der Waals surface area contributed by atoms with Gasteiger partial charge in [-0.2, -0.15) is 0 Å². The van der Waals surface area contributed by atoms with Crippen LogP contribution < -0.4 is 0 Å². The first kappa shape index (κ1) is 39.1. The van der Waals surface area contributed by atoms with Crippen molar-refractivity contribution in [2.75, 3.05) is 13.2 Å². The maximum atomic E-state index is 12.4. The van der Waals surface area contributed by atoms with Gasteiger partial charge in [0, 0.05) is 20.3 Å². The molecule has 0 saturated carbocycles. The molecule has 1 saturated heterocycles. The van der Waals surface area contributed by atoms with Crippen LogP contribution in [-0.2, 0) is 37.4 Å². The van der Waals surface area contributed by atoms with Gasteiger partial charge < -0.3 is 32.9 Å². The molecule has 1 heterocycles. The van der Waals surface area contributed by atoms with Crippen LogP contribution >= 0.6 is 0 Å². The molecule has 0 bridgehead atoms. The van der Waals surface area contributed by atoms with Gasteiger partial charge in [-0.1, -0.05) is 59.5 Å². The number of hydrogen-bond donors (Lipinski definition) is 1. The van der Waals surface area contributed by atoms with E-state index in [1.54, 1.807) is 12.2 Å². The van der Waals surface area contributed by atoms with Crippen LogP contribution in [0, 0.1) is 23.7 Å². The minimum Gasteiger partial charge on any atom is -0.457 e. The molecule has 6 atom stereocenters. The summed E-state index contributed by atoms with van der Waals surface area (Å²) in [6.07, 6.45) is -2.06. The largest absolute Gasteiger partial charge is 0.457 e. The number of allylic oxidation sites excluding steroid dienone is 2. The summed E-state index contributed by atoms with van der Waals surface area (Å²) in [7, 11) is -4.73. The van der Waals surface area contributed by atoms with Crippen LogP contribution in [0.25, 0.3) is 0 Å². The Morgan fingerprint density at radius 2 is 1.47 bits per heavy atom. The molecule has 244 valence electrons. The molecule has 0 spiro atoms. The number of esters is 2. The Labute approximate surface area is 261 Å².